The van der Waals surface area contributed by atoms with Crippen LogP contribution in [0.5, 0.6) is 5.75 Å². The second-order valence-corrected chi connectivity index (χ2v) is 9.19. The average molecular weight is 516 g/mol. The van der Waals surface area contributed by atoms with Crippen molar-refractivity contribution >= 4 is 35.0 Å². The number of nitrogens with one attached hydrogen (secondary N) is 1. The summed E-state index contributed by atoms with van der Waals surface area (Å²) < 4.78 is 7.31. The molecule has 1 aliphatic heterocycles. The Morgan fingerprint density at radius 2 is 1.65 bits per heavy atom. The molecule has 2 aromatic heterocycles. The monoisotopic (exact) mass is 515 g/mol. The fourth-order valence-electron chi connectivity index (χ4n) is 4.29. The van der Waals surface area contributed by atoms with E-state index in [2.05, 4.69) is 20.2 Å². The van der Waals surface area contributed by atoms with Crippen molar-refractivity contribution in [3.8, 4) is 11.4 Å². The summed E-state index contributed by atoms with van der Waals surface area (Å²) in [5.74, 6) is 0.641. The van der Waals surface area contributed by atoms with Crippen LogP contribution in [-0.2, 0) is 11.2 Å². The molecule has 0 saturated carbocycles. The first-order valence-corrected chi connectivity index (χ1v) is 12.5. The summed E-state index contributed by atoms with van der Waals surface area (Å²) in [4.78, 5) is 35.4. The van der Waals surface area contributed by atoms with E-state index in [-0.39, 0.29) is 16.8 Å². The van der Waals surface area contributed by atoms with Gasteiger partial charge in [0.1, 0.15) is 5.82 Å². The summed E-state index contributed by atoms with van der Waals surface area (Å²) in [5.41, 5.74) is 3.20. The molecule has 9 heteroatoms. The van der Waals surface area contributed by atoms with Gasteiger partial charge in [0.25, 0.3) is 5.91 Å². The van der Waals surface area contributed by atoms with Gasteiger partial charge in [-0.2, -0.15) is 0 Å². The molecule has 1 amide bonds. The van der Waals surface area contributed by atoms with Gasteiger partial charge in [0.05, 0.1) is 0 Å². The van der Waals surface area contributed by atoms with Gasteiger partial charge < -0.3 is 19.5 Å². The Hall–Kier alpha value is -4.17. The van der Waals surface area contributed by atoms with Gasteiger partial charge in [-0.15, -0.1) is 0 Å². The minimum atomic E-state index is -0.465. The number of carbonyl (C=O) groups is 2. The van der Waals surface area contributed by atoms with Crippen LogP contribution >= 0.6 is 11.6 Å². The summed E-state index contributed by atoms with van der Waals surface area (Å²) in [5, 5.41) is 3.05. The van der Waals surface area contributed by atoms with Crippen LogP contribution < -0.4 is 15.0 Å². The van der Waals surface area contributed by atoms with Crippen LogP contribution in [0, 0.1) is 0 Å². The lowest BCUT2D eigenvalue weighted by Gasteiger charge is -2.20. The van der Waals surface area contributed by atoms with Gasteiger partial charge in [0.2, 0.25) is 5.75 Å². The molecule has 1 fully saturated rings. The molecule has 1 saturated heterocycles. The number of hydrogen-bond acceptors (Lipinski definition) is 6. The van der Waals surface area contributed by atoms with Crippen LogP contribution in [-0.4, -0.2) is 39.5 Å². The summed E-state index contributed by atoms with van der Waals surface area (Å²) in [6.45, 7) is 2.98. The van der Waals surface area contributed by atoms with E-state index in [9.17, 15) is 9.59 Å². The predicted octanol–water partition coefficient (Wildman–Crippen LogP) is 5.29. The molecule has 0 bridgehead atoms. The van der Waals surface area contributed by atoms with Crippen LogP contribution in [0.15, 0.2) is 73.1 Å². The minimum absolute atomic E-state index is 0.119. The van der Waals surface area contributed by atoms with Gasteiger partial charge in [-0.05, 0) is 66.9 Å². The SMILES string of the molecule is CC(=O)Oc1c(Cl)nc(Cc2ccc(NC(=O)c3ccc(-n4cccc4)cc3)cc2)nc1N1CCCC1. The van der Waals surface area contributed by atoms with Crippen LogP contribution in [0.2, 0.25) is 5.15 Å². The summed E-state index contributed by atoms with van der Waals surface area (Å²) in [6, 6.07) is 18.9. The number of ether oxygens (including phenoxy) is 1. The maximum absolute atomic E-state index is 12.7. The molecule has 8 nitrogen and oxygen atoms in total. The Labute approximate surface area is 219 Å². The number of benzene rings is 2. The zero-order chi connectivity index (χ0) is 25.8. The topological polar surface area (TPSA) is 89.3 Å². The number of esters is 1. The highest BCUT2D eigenvalue weighted by Gasteiger charge is 2.24. The summed E-state index contributed by atoms with van der Waals surface area (Å²) >= 11 is 6.40. The molecule has 3 heterocycles. The van der Waals surface area contributed by atoms with E-state index in [4.69, 9.17) is 16.3 Å². The quantitative estimate of drug-likeness (QED) is 0.266. The fraction of sp³-hybridized carbons (Fsp3) is 0.214. The molecule has 0 unspecified atom stereocenters. The highest BCUT2D eigenvalue weighted by Crippen LogP contribution is 2.35. The van der Waals surface area contributed by atoms with Gasteiger partial charge in [-0.3, -0.25) is 9.59 Å². The van der Waals surface area contributed by atoms with Crippen molar-refractivity contribution in [2.24, 2.45) is 0 Å². The first-order valence-electron chi connectivity index (χ1n) is 12.1. The molecular weight excluding hydrogens is 490 g/mol. The first-order chi connectivity index (χ1) is 18.0. The van der Waals surface area contributed by atoms with E-state index in [0.717, 1.165) is 37.2 Å². The number of anilines is 2. The zero-order valence-electron chi connectivity index (χ0n) is 20.4. The summed E-state index contributed by atoms with van der Waals surface area (Å²) in [7, 11) is 0. The normalized spacial score (nSPS) is 13.0. The van der Waals surface area contributed by atoms with Crippen molar-refractivity contribution in [1.82, 2.24) is 14.5 Å². The third-order valence-electron chi connectivity index (χ3n) is 6.11. The molecule has 0 atom stereocenters. The van der Waals surface area contributed by atoms with Crippen molar-refractivity contribution in [3.05, 3.63) is 95.2 Å². The number of carbonyl (C=O) groups excluding carboxylic acids is 2. The van der Waals surface area contributed by atoms with Crippen molar-refractivity contribution in [1.29, 1.82) is 0 Å². The molecule has 188 valence electrons. The van der Waals surface area contributed by atoms with E-state index in [1.54, 1.807) is 12.1 Å². The van der Waals surface area contributed by atoms with Crippen LogP contribution in [0.1, 0.15) is 41.5 Å². The van der Waals surface area contributed by atoms with E-state index < -0.39 is 5.97 Å². The highest BCUT2D eigenvalue weighted by atomic mass is 35.5. The number of amides is 1. The molecule has 0 radical (unpaired) electrons. The Morgan fingerprint density at radius 1 is 0.973 bits per heavy atom. The lowest BCUT2D eigenvalue weighted by atomic mass is 10.1. The van der Waals surface area contributed by atoms with Gasteiger partial charge in [-0.25, -0.2) is 9.97 Å². The molecule has 0 aliphatic carbocycles. The Balaban J connectivity index is 1.27. The van der Waals surface area contributed by atoms with Gasteiger partial charge >= 0.3 is 5.97 Å². The Morgan fingerprint density at radius 3 is 2.30 bits per heavy atom. The molecule has 37 heavy (non-hydrogen) atoms. The van der Waals surface area contributed by atoms with Gasteiger partial charge in [0, 0.05) is 55.8 Å². The molecular formula is C28H26ClN5O3. The number of hydrogen-bond donors (Lipinski definition) is 1. The largest absolute Gasteiger partial charge is 0.419 e. The molecule has 5 rings (SSSR count). The first kappa shape index (κ1) is 24.5. The molecule has 1 aliphatic rings. The summed E-state index contributed by atoms with van der Waals surface area (Å²) in [6.07, 6.45) is 6.44. The molecule has 4 aromatic rings. The zero-order valence-corrected chi connectivity index (χ0v) is 21.1. The van der Waals surface area contributed by atoms with E-state index in [0.29, 0.717) is 29.3 Å². The molecule has 1 N–H and O–H groups in total. The number of aromatic nitrogens is 3. The minimum Gasteiger partial charge on any atom is -0.419 e. The van der Waals surface area contributed by atoms with Crippen LogP contribution in [0.3, 0.4) is 0 Å². The van der Waals surface area contributed by atoms with Crippen LogP contribution in [0.4, 0.5) is 11.5 Å². The number of halogens is 1. The van der Waals surface area contributed by atoms with Crippen LogP contribution in [0.25, 0.3) is 5.69 Å². The standard InChI is InChI=1S/C28H26ClN5O3/c1-19(35)37-25-26(29)31-24(32-27(25)34-16-4-5-17-34)18-20-6-10-22(11-7-20)30-28(36)21-8-12-23(13-9-21)33-14-2-3-15-33/h2-3,6-15H,4-5,16-18H2,1H3,(H,30,36). The smallest absolute Gasteiger partial charge is 0.308 e. The number of nitrogens with zero attached hydrogens (tertiary/aromatic N) is 4. The maximum atomic E-state index is 12.7. The molecule has 0 spiro atoms. The Kier molecular flexibility index (Phi) is 7.18. The average Bonchev–Trinajstić information content (AvgIpc) is 3.62. The fourth-order valence-corrected chi connectivity index (χ4v) is 4.51. The van der Waals surface area contributed by atoms with Gasteiger partial charge in [-0.1, -0.05) is 23.7 Å². The Bertz CT molecular complexity index is 1400. The third kappa shape index (κ3) is 5.81. The maximum Gasteiger partial charge on any atom is 0.308 e. The van der Waals surface area contributed by atoms with Gasteiger partial charge in [0.15, 0.2) is 11.0 Å². The van der Waals surface area contributed by atoms with Crippen molar-refractivity contribution < 1.29 is 14.3 Å². The lowest BCUT2D eigenvalue weighted by Crippen LogP contribution is -2.22. The second kappa shape index (κ2) is 10.8. The molecule has 2 aromatic carbocycles. The number of rotatable bonds is 7. The predicted molar refractivity (Wildman–Crippen MR) is 143 cm³/mol. The van der Waals surface area contributed by atoms with E-state index in [1.807, 2.05) is 65.5 Å². The van der Waals surface area contributed by atoms with Crippen molar-refractivity contribution in [2.75, 3.05) is 23.3 Å². The van der Waals surface area contributed by atoms with E-state index >= 15 is 0 Å². The highest BCUT2D eigenvalue weighted by molar-refractivity contribution is 6.31. The second-order valence-electron chi connectivity index (χ2n) is 8.84. The van der Waals surface area contributed by atoms with E-state index in [1.165, 1.54) is 6.92 Å². The van der Waals surface area contributed by atoms with Crippen molar-refractivity contribution in [2.45, 2.75) is 26.2 Å². The third-order valence-corrected chi connectivity index (χ3v) is 6.37. The lowest BCUT2D eigenvalue weighted by molar-refractivity contribution is -0.131. The van der Waals surface area contributed by atoms with Crippen molar-refractivity contribution in [3.63, 3.8) is 0 Å².